The van der Waals surface area contributed by atoms with Crippen LogP contribution in [0, 0.1) is 6.92 Å². The van der Waals surface area contributed by atoms with E-state index < -0.39 is 18.8 Å². The van der Waals surface area contributed by atoms with Gasteiger partial charge in [-0.25, -0.2) is 0 Å². The molecule has 0 saturated carbocycles. The molecule has 5 nitrogen and oxygen atoms in total. The van der Waals surface area contributed by atoms with Gasteiger partial charge < -0.3 is 15.3 Å². The van der Waals surface area contributed by atoms with Crippen molar-refractivity contribution in [2.24, 2.45) is 0 Å². The summed E-state index contributed by atoms with van der Waals surface area (Å²) in [7, 11) is 0. The summed E-state index contributed by atoms with van der Waals surface area (Å²) < 4.78 is 0. The second kappa shape index (κ2) is 4.27. The zero-order valence-corrected chi connectivity index (χ0v) is 7.25. The molecule has 1 aromatic rings. The Balaban J connectivity index is 2.77. The maximum atomic E-state index is 9.37. The summed E-state index contributed by atoms with van der Waals surface area (Å²) in [5.74, 6) is 0. The van der Waals surface area contributed by atoms with Crippen LogP contribution < -0.4 is 0 Å². The third kappa shape index (κ3) is 2.45. The Kier molecular flexibility index (Phi) is 3.30. The second-order valence-corrected chi connectivity index (χ2v) is 2.78. The highest BCUT2D eigenvalue weighted by atomic mass is 16.4. The first-order valence-corrected chi connectivity index (χ1v) is 3.90. The second-order valence-electron chi connectivity index (χ2n) is 2.78. The lowest BCUT2D eigenvalue weighted by molar-refractivity contribution is -0.0174. The van der Waals surface area contributed by atoms with E-state index in [1.165, 1.54) is 12.4 Å². The Morgan fingerprint density at radius 1 is 1.31 bits per heavy atom. The molecule has 0 aliphatic rings. The molecule has 5 heteroatoms. The van der Waals surface area contributed by atoms with Crippen LogP contribution in [0.1, 0.15) is 17.5 Å². The van der Waals surface area contributed by atoms with Gasteiger partial charge in [0.1, 0.15) is 12.2 Å². The van der Waals surface area contributed by atoms with Gasteiger partial charge in [-0.1, -0.05) is 0 Å². The van der Waals surface area contributed by atoms with Crippen LogP contribution in [0.5, 0.6) is 0 Å². The van der Waals surface area contributed by atoms with Gasteiger partial charge in [-0.05, 0) is 6.92 Å². The summed E-state index contributed by atoms with van der Waals surface area (Å²) in [5, 5.41) is 27.0. The lowest BCUT2D eigenvalue weighted by atomic mass is 10.1. The van der Waals surface area contributed by atoms with Crippen LogP contribution in [-0.2, 0) is 0 Å². The number of nitrogens with zero attached hydrogens (tertiary/aromatic N) is 2. The monoisotopic (exact) mass is 184 g/mol. The van der Waals surface area contributed by atoms with Crippen molar-refractivity contribution in [2.45, 2.75) is 19.1 Å². The van der Waals surface area contributed by atoms with E-state index in [-0.39, 0.29) is 5.69 Å². The Labute approximate surface area is 75.7 Å². The summed E-state index contributed by atoms with van der Waals surface area (Å²) in [6, 6.07) is 0. The van der Waals surface area contributed by atoms with Crippen LogP contribution in [0.2, 0.25) is 0 Å². The van der Waals surface area contributed by atoms with Crippen molar-refractivity contribution in [3.05, 3.63) is 23.8 Å². The van der Waals surface area contributed by atoms with E-state index in [4.69, 9.17) is 10.2 Å². The van der Waals surface area contributed by atoms with Gasteiger partial charge in [-0.15, -0.1) is 0 Å². The van der Waals surface area contributed by atoms with Crippen molar-refractivity contribution >= 4 is 0 Å². The lowest BCUT2D eigenvalue weighted by Crippen LogP contribution is -2.23. The first-order chi connectivity index (χ1) is 6.15. The van der Waals surface area contributed by atoms with E-state index in [0.717, 1.165) is 5.69 Å². The Hall–Kier alpha value is -1.04. The molecule has 0 aliphatic carbocycles. The minimum absolute atomic E-state index is 0.257. The molecule has 2 unspecified atom stereocenters. The molecule has 0 radical (unpaired) electrons. The van der Waals surface area contributed by atoms with Crippen LogP contribution in [-0.4, -0.2) is 38.0 Å². The average molecular weight is 184 g/mol. The average Bonchev–Trinajstić information content (AvgIpc) is 2.17. The van der Waals surface area contributed by atoms with Crippen molar-refractivity contribution in [3.63, 3.8) is 0 Å². The topological polar surface area (TPSA) is 86.5 Å². The number of aryl methyl sites for hydroxylation is 1. The number of aromatic nitrogens is 2. The summed E-state index contributed by atoms with van der Waals surface area (Å²) in [4.78, 5) is 7.77. The molecule has 1 aromatic heterocycles. The third-order valence-corrected chi connectivity index (χ3v) is 1.66. The van der Waals surface area contributed by atoms with Crippen molar-refractivity contribution in [2.75, 3.05) is 6.61 Å². The number of hydrogen-bond donors (Lipinski definition) is 3. The van der Waals surface area contributed by atoms with Gasteiger partial charge in [0.05, 0.1) is 24.2 Å². The lowest BCUT2D eigenvalue weighted by Gasteiger charge is -2.14. The van der Waals surface area contributed by atoms with E-state index in [0.29, 0.717) is 0 Å². The van der Waals surface area contributed by atoms with Crippen molar-refractivity contribution < 1.29 is 15.3 Å². The van der Waals surface area contributed by atoms with Crippen molar-refractivity contribution in [1.29, 1.82) is 0 Å². The van der Waals surface area contributed by atoms with Gasteiger partial charge in [0.2, 0.25) is 0 Å². The predicted molar refractivity (Wildman–Crippen MR) is 44.8 cm³/mol. The van der Waals surface area contributed by atoms with Crippen LogP contribution in [0.25, 0.3) is 0 Å². The fraction of sp³-hybridized carbons (Fsp3) is 0.500. The smallest absolute Gasteiger partial charge is 0.126 e. The molecule has 13 heavy (non-hydrogen) atoms. The molecule has 0 bridgehead atoms. The molecular formula is C8H12N2O3. The standard InChI is InChI=1S/C8H12N2O3/c1-5-2-10-6(3-9-5)8(13)7(12)4-11/h2-3,7-8,11-13H,4H2,1H3. The quantitative estimate of drug-likeness (QED) is 0.571. The van der Waals surface area contributed by atoms with E-state index in [1.807, 2.05) is 0 Å². The molecular weight excluding hydrogens is 172 g/mol. The fourth-order valence-corrected chi connectivity index (χ4v) is 0.852. The van der Waals surface area contributed by atoms with E-state index in [2.05, 4.69) is 9.97 Å². The zero-order valence-electron chi connectivity index (χ0n) is 7.25. The van der Waals surface area contributed by atoms with Gasteiger partial charge in [-0.3, -0.25) is 9.97 Å². The maximum Gasteiger partial charge on any atom is 0.126 e. The highest BCUT2D eigenvalue weighted by Gasteiger charge is 2.18. The van der Waals surface area contributed by atoms with Gasteiger partial charge >= 0.3 is 0 Å². The molecule has 1 rings (SSSR count). The molecule has 0 saturated heterocycles. The predicted octanol–water partition coefficient (Wildman–Crippen LogP) is -0.828. The molecule has 0 amide bonds. The Morgan fingerprint density at radius 3 is 2.46 bits per heavy atom. The molecule has 2 atom stereocenters. The Morgan fingerprint density at radius 2 is 2.00 bits per heavy atom. The van der Waals surface area contributed by atoms with Crippen molar-refractivity contribution in [3.8, 4) is 0 Å². The number of rotatable bonds is 3. The molecule has 1 heterocycles. The zero-order chi connectivity index (χ0) is 9.84. The van der Waals surface area contributed by atoms with Gasteiger partial charge in [0.25, 0.3) is 0 Å². The fourth-order valence-electron chi connectivity index (χ4n) is 0.852. The highest BCUT2D eigenvalue weighted by Crippen LogP contribution is 2.12. The van der Waals surface area contributed by atoms with E-state index in [1.54, 1.807) is 6.92 Å². The van der Waals surface area contributed by atoms with Crippen LogP contribution in [0.4, 0.5) is 0 Å². The number of aliphatic hydroxyl groups is 3. The molecule has 3 N–H and O–H groups in total. The Bertz CT molecular complexity index is 263. The third-order valence-electron chi connectivity index (χ3n) is 1.66. The molecule has 0 spiro atoms. The van der Waals surface area contributed by atoms with E-state index in [9.17, 15) is 5.11 Å². The van der Waals surface area contributed by atoms with Crippen LogP contribution in [0.3, 0.4) is 0 Å². The maximum absolute atomic E-state index is 9.37. The van der Waals surface area contributed by atoms with Crippen molar-refractivity contribution in [1.82, 2.24) is 9.97 Å². The summed E-state index contributed by atoms with van der Waals surface area (Å²) in [5.41, 5.74) is 0.988. The SMILES string of the molecule is Cc1cnc(C(O)C(O)CO)cn1. The first kappa shape index (κ1) is 10.0. The molecule has 72 valence electrons. The molecule has 0 aliphatic heterocycles. The normalized spacial score (nSPS) is 15.4. The number of hydrogen-bond acceptors (Lipinski definition) is 5. The van der Waals surface area contributed by atoms with Crippen LogP contribution in [0.15, 0.2) is 12.4 Å². The molecule has 0 fully saturated rings. The van der Waals surface area contributed by atoms with Crippen LogP contribution >= 0.6 is 0 Å². The highest BCUT2D eigenvalue weighted by molar-refractivity contribution is 5.05. The van der Waals surface area contributed by atoms with Gasteiger partial charge in [0, 0.05) is 6.20 Å². The minimum Gasteiger partial charge on any atom is -0.394 e. The summed E-state index contributed by atoms with van der Waals surface area (Å²) in [6.45, 7) is 1.27. The molecule has 0 aromatic carbocycles. The van der Waals surface area contributed by atoms with E-state index >= 15 is 0 Å². The number of aliphatic hydroxyl groups excluding tert-OH is 3. The van der Waals surface area contributed by atoms with Gasteiger partial charge in [0.15, 0.2) is 0 Å². The van der Waals surface area contributed by atoms with Gasteiger partial charge in [-0.2, -0.15) is 0 Å². The largest absolute Gasteiger partial charge is 0.394 e. The summed E-state index contributed by atoms with van der Waals surface area (Å²) in [6.07, 6.45) is 0.469. The summed E-state index contributed by atoms with van der Waals surface area (Å²) >= 11 is 0. The first-order valence-electron chi connectivity index (χ1n) is 3.90. The minimum atomic E-state index is -1.21.